The molecule has 1 heteroatoms. The first-order valence-corrected chi connectivity index (χ1v) is 9.22. The second kappa shape index (κ2) is 8.36. The van der Waals surface area contributed by atoms with Gasteiger partial charge < -0.3 is 5.11 Å². The smallest absolute Gasteiger partial charge is 0.0644 e. The van der Waals surface area contributed by atoms with Gasteiger partial charge in [0.25, 0.3) is 0 Å². The number of aliphatic hydroxyl groups is 1. The molecular weight excluding hydrogens is 256 g/mol. The predicted octanol–water partition coefficient (Wildman–Crippen LogP) is 5.97. The van der Waals surface area contributed by atoms with Crippen molar-refractivity contribution in [3.05, 3.63) is 11.1 Å². The van der Waals surface area contributed by atoms with Crippen molar-refractivity contribution < 1.29 is 5.11 Å². The lowest BCUT2D eigenvalue weighted by Gasteiger charge is -2.51. The van der Waals surface area contributed by atoms with Crippen LogP contribution in [0, 0.1) is 23.2 Å². The number of aliphatic hydroxyl groups excluding tert-OH is 1. The number of rotatable bonds is 2. The number of hydrogen-bond donors (Lipinski definition) is 1. The van der Waals surface area contributed by atoms with E-state index in [1.165, 1.54) is 44.1 Å². The Morgan fingerprint density at radius 2 is 1.76 bits per heavy atom. The molecule has 2 rings (SSSR count). The molecule has 0 aromatic carbocycles. The highest BCUT2D eigenvalue weighted by Gasteiger charge is 2.44. The molecule has 2 fully saturated rings. The Labute approximate surface area is 133 Å². The Balaban J connectivity index is 0.000000677. The van der Waals surface area contributed by atoms with E-state index >= 15 is 0 Å². The van der Waals surface area contributed by atoms with Crippen molar-refractivity contribution in [2.24, 2.45) is 23.2 Å². The van der Waals surface area contributed by atoms with Crippen molar-refractivity contribution in [3.8, 4) is 0 Å². The number of hydrogen-bond acceptors (Lipinski definition) is 1. The summed E-state index contributed by atoms with van der Waals surface area (Å²) in [7, 11) is 0. The van der Waals surface area contributed by atoms with Crippen molar-refractivity contribution in [2.75, 3.05) is 6.61 Å². The molecule has 0 spiro atoms. The third kappa shape index (κ3) is 4.34. The second-order valence-corrected chi connectivity index (χ2v) is 7.84. The lowest BCUT2D eigenvalue weighted by molar-refractivity contribution is 0.00682. The van der Waals surface area contributed by atoms with Crippen molar-refractivity contribution in [1.29, 1.82) is 0 Å². The van der Waals surface area contributed by atoms with Crippen LogP contribution >= 0.6 is 0 Å². The van der Waals surface area contributed by atoms with E-state index in [0.717, 1.165) is 24.2 Å². The first kappa shape index (κ1) is 18.7. The molecule has 0 aromatic heterocycles. The topological polar surface area (TPSA) is 20.2 Å². The van der Waals surface area contributed by atoms with Gasteiger partial charge in [0.05, 0.1) is 6.61 Å². The highest BCUT2D eigenvalue weighted by Crippen LogP contribution is 2.54. The van der Waals surface area contributed by atoms with Crippen molar-refractivity contribution >= 4 is 0 Å². The quantitative estimate of drug-likeness (QED) is 0.622. The SMILES string of the molecule is CC/C(CO)=C1/CCC2CC[C@H](C)C(C)(C)[C@@H]2C1.CCC. The molecule has 0 amide bonds. The van der Waals surface area contributed by atoms with Gasteiger partial charge >= 0.3 is 0 Å². The van der Waals surface area contributed by atoms with E-state index in [1.54, 1.807) is 5.57 Å². The normalized spacial score (nSPS) is 33.6. The van der Waals surface area contributed by atoms with E-state index in [4.69, 9.17) is 0 Å². The summed E-state index contributed by atoms with van der Waals surface area (Å²) in [5.74, 6) is 2.63. The van der Waals surface area contributed by atoms with E-state index in [0.29, 0.717) is 5.41 Å². The van der Waals surface area contributed by atoms with Gasteiger partial charge in [0, 0.05) is 0 Å². The summed E-state index contributed by atoms with van der Waals surface area (Å²) in [5, 5.41) is 9.50. The molecule has 21 heavy (non-hydrogen) atoms. The van der Waals surface area contributed by atoms with Gasteiger partial charge in [-0.3, -0.25) is 0 Å². The molecule has 2 saturated carbocycles. The Hall–Kier alpha value is -0.300. The average Bonchev–Trinajstić information content (AvgIpc) is 2.46. The molecule has 0 saturated heterocycles. The molecule has 2 aliphatic carbocycles. The zero-order chi connectivity index (χ0) is 16.0. The molecule has 124 valence electrons. The molecule has 2 aliphatic rings. The van der Waals surface area contributed by atoms with Crippen LogP contribution in [0.1, 0.15) is 86.5 Å². The van der Waals surface area contributed by atoms with E-state index in [-0.39, 0.29) is 6.61 Å². The van der Waals surface area contributed by atoms with Crippen LogP contribution in [0.15, 0.2) is 11.1 Å². The predicted molar refractivity (Wildman–Crippen MR) is 93.4 cm³/mol. The Bertz CT molecular complexity index is 334. The molecule has 0 bridgehead atoms. The molecular formula is C20H38O. The molecule has 1 N–H and O–H groups in total. The summed E-state index contributed by atoms with van der Waals surface area (Å²) in [6.45, 7) is 14.1. The monoisotopic (exact) mass is 294 g/mol. The highest BCUT2D eigenvalue weighted by molar-refractivity contribution is 5.19. The Morgan fingerprint density at radius 3 is 2.29 bits per heavy atom. The average molecular weight is 295 g/mol. The minimum Gasteiger partial charge on any atom is -0.392 e. The van der Waals surface area contributed by atoms with Crippen LogP contribution in [0.2, 0.25) is 0 Å². The Morgan fingerprint density at radius 1 is 1.14 bits per heavy atom. The van der Waals surface area contributed by atoms with Gasteiger partial charge in [-0.25, -0.2) is 0 Å². The summed E-state index contributed by atoms with van der Waals surface area (Å²) < 4.78 is 0. The summed E-state index contributed by atoms with van der Waals surface area (Å²) in [6.07, 6.45) is 8.98. The van der Waals surface area contributed by atoms with E-state index < -0.39 is 0 Å². The van der Waals surface area contributed by atoms with Crippen molar-refractivity contribution in [3.63, 3.8) is 0 Å². The number of allylic oxidation sites excluding steroid dienone is 1. The van der Waals surface area contributed by atoms with Crippen molar-refractivity contribution in [2.45, 2.75) is 86.5 Å². The summed E-state index contributed by atoms with van der Waals surface area (Å²) >= 11 is 0. The fraction of sp³-hybridized carbons (Fsp3) is 0.900. The van der Waals surface area contributed by atoms with Gasteiger partial charge in [-0.05, 0) is 67.3 Å². The zero-order valence-electron chi connectivity index (χ0n) is 15.3. The van der Waals surface area contributed by atoms with Gasteiger partial charge in [0.15, 0.2) is 0 Å². The maximum absolute atomic E-state index is 9.50. The van der Waals surface area contributed by atoms with Crippen LogP contribution in [-0.4, -0.2) is 11.7 Å². The summed E-state index contributed by atoms with van der Waals surface area (Å²) in [4.78, 5) is 0. The minimum atomic E-state index is 0.277. The minimum absolute atomic E-state index is 0.277. The zero-order valence-corrected chi connectivity index (χ0v) is 15.3. The van der Waals surface area contributed by atoms with E-state index in [1.807, 2.05) is 0 Å². The lowest BCUT2D eigenvalue weighted by Crippen LogP contribution is -2.42. The maximum Gasteiger partial charge on any atom is 0.0644 e. The Kier molecular flexibility index (Phi) is 7.47. The molecule has 0 radical (unpaired) electrons. The molecule has 0 aliphatic heterocycles. The van der Waals surface area contributed by atoms with Crippen LogP contribution in [0.5, 0.6) is 0 Å². The largest absolute Gasteiger partial charge is 0.392 e. The fourth-order valence-corrected chi connectivity index (χ4v) is 4.31. The summed E-state index contributed by atoms with van der Waals surface area (Å²) in [5.41, 5.74) is 3.38. The highest BCUT2D eigenvalue weighted by atomic mass is 16.3. The van der Waals surface area contributed by atoms with Gasteiger partial charge in [0.1, 0.15) is 0 Å². The first-order valence-electron chi connectivity index (χ1n) is 9.22. The first-order chi connectivity index (χ1) is 9.92. The van der Waals surface area contributed by atoms with Gasteiger partial charge in [-0.1, -0.05) is 53.5 Å². The molecule has 0 heterocycles. The van der Waals surface area contributed by atoms with Crippen LogP contribution in [0.25, 0.3) is 0 Å². The van der Waals surface area contributed by atoms with Crippen molar-refractivity contribution in [1.82, 2.24) is 0 Å². The molecule has 1 unspecified atom stereocenters. The lowest BCUT2D eigenvalue weighted by atomic mass is 9.54. The fourth-order valence-electron chi connectivity index (χ4n) is 4.31. The second-order valence-electron chi connectivity index (χ2n) is 7.84. The summed E-state index contributed by atoms with van der Waals surface area (Å²) in [6, 6.07) is 0. The van der Waals surface area contributed by atoms with E-state index in [9.17, 15) is 5.11 Å². The standard InChI is InChI=1S/C17H30O.C3H8/c1-5-13(11-18)15-9-8-14-7-6-12(2)17(3,4)16(14)10-15;1-3-2/h12,14,16,18H,5-11H2,1-4H3;3H2,1-2H3/b15-13+;/t12-,14?,16+;/m0./s1. The molecule has 1 nitrogen and oxygen atoms in total. The van der Waals surface area contributed by atoms with Crippen LogP contribution in [0.4, 0.5) is 0 Å². The van der Waals surface area contributed by atoms with Crippen LogP contribution in [0.3, 0.4) is 0 Å². The third-order valence-corrected chi connectivity index (χ3v) is 6.17. The molecule has 0 aromatic rings. The molecule has 3 atom stereocenters. The van der Waals surface area contributed by atoms with Crippen LogP contribution in [-0.2, 0) is 0 Å². The van der Waals surface area contributed by atoms with Gasteiger partial charge in [0.2, 0.25) is 0 Å². The number of fused-ring (bicyclic) bond motifs is 1. The maximum atomic E-state index is 9.50. The van der Waals surface area contributed by atoms with Crippen LogP contribution < -0.4 is 0 Å². The third-order valence-electron chi connectivity index (χ3n) is 6.17. The van der Waals surface area contributed by atoms with E-state index in [2.05, 4.69) is 41.5 Å². The van der Waals surface area contributed by atoms with Gasteiger partial charge in [-0.2, -0.15) is 0 Å². The van der Waals surface area contributed by atoms with Gasteiger partial charge in [-0.15, -0.1) is 0 Å².